The van der Waals surface area contributed by atoms with Crippen molar-refractivity contribution in [3.8, 4) is 0 Å². The quantitative estimate of drug-likeness (QED) is 0.459. The molecular formula is C26H32N4O4S. The van der Waals surface area contributed by atoms with Gasteiger partial charge in [-0.15, -0.1) is 0 Å². The molecule has 0 aromatic heterocycles. The molecule has 0 atom stereocenters. The van der Waals surface area contributed by atoms with E-state index in [2.05, 4.69) is 23.5 Å². The van der Waals surface area contributed by atoms with Gasteiger partial charge in [0, 0.05) is 50.9 Å². The summed E-state index contributed by atoms with van der Waals surface area (Å²) in [5, 5.41) is 2.81. The van der Waals surface area contributed by atoms with Crippen molar-refractivity contribution < 1.29 is 18.0 Å². The van der Waals surface area contributed by atoms with Crippen LogP contribution in [0.5, 0.6) is 0 Å². The van der Waals surface area contributed by atoms with Crippen LogP contribution in [0.2, 0.25) is 0 Å². The van der Waals surface area contributed by atoms with Crippen LogP contribution in [-0.2, 0) is 22.9 Å². The van der Waals surface area contributed by atoms with E-state index in [1.165, 1.54) is 6.20 Å². The second kappa shape index (κ2) is 12.1. The summed E-state index contributed by atoms with van der Waals surface area (Å²) in [4.78, 5) is 32.2. The average Bonchev–Trinajstić information content (AvgIpc) is 2.81. The summed E-state index contributed by atoms with van der Waals surface area (Å²) in [6.07, 6.45) is 4.35. The van der Waals surface area contributed by atoms with Crippen molar-refractivity contribution in [3.63, 3.8) is 0 Å². The Morgan fingerprint density at radius 3 is 2.37 bits per heavy atom. The van der Waals surface area contributed by atoms with E-state index in [9.17, 15) is 18.0 Å². The molecule has 0 saturated heterocycles. The summed E-state index contributed by atoms with van der Waals surface area (Å²) in [7, 11) is -1.57. The van der Waals surface area contributed by atoms with Gasteiger partial charge in [0.15, 0.2) is 9.84 Å². The van der Waals surface area contributed by atoms with Crippen LogP contribution in [-0.4, -0.2) is 51.3 Å². The molecule has 0 radical (unpaired) electrons. The molecule has 9 heteroatoms. The molecular weight excluding hydrogens is 464 g/mol. The van der Waals surface area contributed by atoms with Crippen molar-refractivity contribution in [2.75, 3.05) is 24.7 Å². The zero-order chi connectivity index (χ0) is 26.2. The Kier molecular flexibility index (Phi) is 9.53. The van der Waals surface area contributed by atoms with E-state index < -0.39 is 9.84 Å². The summed E-state index contributed by atoms with van der Waals surface area (Å²) in [6.45, 7) is 11.9. The summed E-state index contributed by atoms with van der Waals surface area (Å²) in [5.74, 6) is -0.191. The minimum Gasteiger partial charge on any atom is -0.348 e. The number of amides is 3. The van der Waals surface area contributed by atoms with E-state index in [1.807, 2.05) is 13.8 Å². The molecule has 0 bridgehead atoms. The van der Waals surface area contributed by atoms with Gasteiger partial charge < -0.3 is 10.2 Å². The number of benzene rings is 2. The molecule has 0 fully saturated rings. The number of urea groups is 1. The summed E-state index contributed by atoms with van der Waals surface area (Å²) < 4.78 is 23.3. The fraction of sp³-hybridized carbons (Fsp3) is 0.269. The average molecular weight is 497 g/mol. The Morgan fingerprint density at radius 1 is 1.20 bits per heavy atom. The maximum absolute atomic E-state index is 12.8. The molecule has 0 spiro atoms. The number of carbonyl (C=O) groups excluding carboxylic acids is 2. The van der Waals surface area contributed by atoms with Gasteiger partial charge in [0.1, 0.15) is 0 Å². The summed E-state index contributed by atoms with van der Waals surface area (Å²) in [5.41, 5.74) is 3.84. The highest BCUT2D eigenvalue weighted by molar-refractivity contribution is 7.90. The number of fused-ring (bicyclic) bond motifs is 1. The van der Waals surface area contributed by atoms with Crippen LogP contribution in [0.3, 0.4) is 0 Å². The Balaban J connectivity index is 0.000000784. The third-order valence-electron chi connectivity index (χ3n) is 5.15. The van der Waals surface area contributed by atoms with E-state index in [0.29, 0.717) is 25.2 Å². The van der Waals surface area contributed by atoms with Crippen LogP contribution in [0, 0.1) is 0 Å². The number of hydrogen-bond acceptors (Lipinski definition) is 5. The van der Waals surface area contributed by atoms with Gasteiger partial charge in [-0.1, -0.05) is 30.9 Å². The summed E-state index contributed by atoms with van der Waals surface area (Å²) in [6, 6.07) is 11.6. The van der Waals surface area contributed by atoms with Crippen LogP contribution < -0.4 is 10.2 Å². The fourth-order valence-corrected chi connectivity index (χ4v) is 4.02. The topological polar surface area (TPSA) is 99.2 Å². The second-order valence-corrected chi connectivity index (χ2v) is 10.2. The maximum atomic E-state index is 12.8. The summed E-state index contributed by atoms with van der Waals surface area (Å²) >= 11 is 0. The molecule has 3 rings (SSSR count). The van der Waals surface area contributed by atoms with Gasteiger partial charge in [-0.3, -0.25) is 14.7 Å². The largest absolute Gasteiger partial charge is 0.348 e. The van der Waals surface area contributed by atoms with E-state index in [-0.39, 0.29) is 16.8 Å². The maximum Gasteiger partial charge on any atom is 0.324 e. The molecule has 186 valence electrons. The lowest BCUT2D eigenvalue weighted by Gasteiger charge is -2.35. The van der Waals surface area contributed by atoms with Crippen LogP contribution >= 0.6 is 0 Å². The Hall–Kier alpha value is -3.72. The Bertz CT molecular complexity index is 1230. The predicted octanol–water partition coefficient (Wildman–Crippen LogP) is 4.19. The molecule has 3 amide bonds. The number of aliphatic imine (C=N–C) groups is 1. The molecule has 1 aliphatic rings. The fourth-order valence-electron chi connectivity index (χ4n) is 3.39. The first-order chi connectivity index (χ1) is 16.5. The van der Waals surface area contributed by atoms with Crippen molar-refractivity contribution in [1.29, 1.82) is 0 Å². The van der Waals surface area contributed by atoms with Gasteiger partial charge in [-0.2, -0.15) is 0 Å². The molecule has 2 aromatic carbocycles. The molecule has 0 unspecified atom stereocenters. The number of hydrogen-bond donors (Lipinski definition) is 1. The van der Waals surface area contributed by atoms with Crippen LogP contribution in [0.25, 0.3) is 0 Å². The zero-order valence-electron chi connectivity index (χ0n) is 20.6. The molecule has 1 heterocycles. The van der Waals surface area contributed by atoms with Crippen LogP contribution in [0.15, 0.2) is 77.3 Å². The van der Waals surface area contributed by atoms with Gasteiger partial charge in [0.05, 0.1) is 10.6 Å². The predicted molar refractivity (Wildman–Crippen MR) is 141 cm³/mol. The van der Waals surface area contributed by atoms with Crippen LogP contribution in [0.4, 0.5) is 10.5 Å². The highest BCUT2D eigenvalue weighted by Crippen LogP contribution is 2.29. The van der Waals surface area contributed by atoms with Gasteiger partial charge >= 0.3 is 6.03 Å². The highest BCUT2D eigenvalue weighted by Gasteiger charge is 2.28. The molecule has 2 aromatic rings. The number of nitrogens with zero attached hydrogens (tertiary/aromatic N) is 3. The van der Waals surface area contributed by atoms with Gasteiger partial charge in [0.2, 0.25) is 0 Å². The molecule has 0 saturated carbocycles. The zero-order valence-corrected chi connectivity index (χ0v) is 21.4. The number of nitrogens with one attached hydrogen (secondary N) is 1. The lowest BCUT2D eigenvalue weighted by Crippen LogP contribution is -2.44. The first-order valence-corrected chi connectivity index (χ1v) is 12.8. The molecule has 1 aliphatic heterocycles. The Morgan fingerprint density at radius 2 is 1.86 bits per heavy atom. The van der Waals surface area contributed by atoms with Crippen molar-refractivity contribution in [1.82, 2.24) is 10.2 Å². The number of carbonyl (C=O) groups is 2. The SMILES string of the molecule is C=C(C)CNC(=O)c1ccc2c(c1)CN(Cc1ccc(S(C)(=O)=O)cc1)C(=O)N2C.C=CN=CC. The first-order valence-electron chi connectivity index (χ1n) is 10.9. The van der Waals surface area contributed by atoms with E-state index in [4.69, 9.17) is 0 Å². The number of sulfone groups is 1. The van der Waals surface area contributed by atoms with Crippen molar-refractivity contribution in [3.05, 3.63) is 84.1 Å². The molecule has 0 aliphatic carbocycles. The molecule has 35 heavy (non-hydrogen) atoms. The number of anilines is 1. The smallest absolute Gasteiger partial charge is 0.324 e. The lowest BCUT2D eigenvalue weighted by molar-refractivity contribution is 0.0957. The van der Waals surface area contributed by atoms with Gasteiger partial charge in [-0.05, 0) is 55.3 Å². The van der Waals surface area contributed by atoms with Crippen molar-refractivity contribution in [2.45, 2.75) is 31.8 Å². The van der Waals surface area contributed by atoms with E-state index in [1.54, 1.807) is 65.5 Å². The van der Waals surface area contributed by atoms with Gasteiger partial charge in [0.25, 0.3) is 5.91 Å². The molecule has 8 nitrogen and oxygen atoms in total. The van der Waals surface area contributed by atoms with Crippen LogP contribution in [0.1, 0.15) is 35.3 Å². The van der Waals surface area contributed by atoms with Gasteiger partial charge in [-0.25, -0.2) is 13.2 Å². The van der Waals surface area contributed by atoms with Crippen molar-refractivity contribution in [2.24, 2.45) is 4.99 Å². The lowest BCUT2D eigenvalue weighted by atomic mass is 10.0. The first kappa shape index (κ1) is 27.5. The number of rotatable bonds is 7. The highest BCUT2D eigenvalue weighted by atomic mass is 32.2. The standard InChI is InChI=1S/C22H25N3O4S.C4H7N/c1-15(2)12-23-21(26)17-7-10-20-18(11-17)14-25(22(27)24(20)3)13-16-5-8-19(9-6-16)30(4,28)29;1-3-5-4-2/h5-11H,1,12-14H2,2-4H3,(H,23,26);3-4H,1H2,2H3. The van der Waals surface area contributed by atoms with Crippen molar-refractivity contribution >= 4 is 33.7 Å². The normalized spacial score (nSPS) is 13.1. The minimum atomic E-state index is -3.27. The third kappa shape index (κ3) is 7.65. The minimum absolute atomic E-state index is 0.158. The second-order valence-electron chi connectivity index (χ2n) is 8.19. The Labute approximate surface area is 207 Å². The molecule has 1 N–H and O–H groups in total. The monoisotopic (exact) mass is 496 g/mol. The van der Waals surface area contributed by atoms with E-state index >= 15 is 0 Å². The third-order valence-corrected chi connectivity index (χ3v) is 6.28. The van der Waals surface area contributed by atoms with E-state index in [0.717, 1.165) is 28.6 Å².